The fourth-order valence-corrected chi connectivity index (χ4v) is 2.89. The average molecular weight is 424 g/mol. The van der Waals surface area contributed by atoms with Crippen LogP contribution in [0.3, 0.4) is 0 Å². The van der Waals surface area contributed by atoms with Gasteiger partial charge in [-0.15, -0.1) is 5.10 Å². The molecule has 2 aromatic carbocycles. The maximum atomic E-state index is 12.7. The molecule has 0 unspecified atom stereocenters. The molecule has 0 aliphatic rings. The van der Waals surface area contributed by atoms with Crippen LogP contribution in [0.5, 0.6) is 11.5 Å². The van der Waals surface area contributed by atoms with Crippen LogP contribution < -0.4 is 25.8 Å². The third-order valence-corrected chi connectivity index (χ3v) is 4.60. The van der Waals surface area contributed by atoms with E-state index in [1.807, 2.05) is 32.0 Å². The molecule has 162 valence electrons. The molecule has 3 aromatic rings. The molecule has 1 heterocycles. The Morgan fingerprint density at radius 2 is 1.81 bits per heavy atom. The summed E-state index contributed by atoms with van der Waals surface area (Å²) in [4.78, 5) is 25.1. The summed E-state index contributed by atoms with van der Waals surface area (Å²) >= 11 is 0. The van der Waals surface area contributed by atoms with Gasteiger partial charge in [-0.2, -0.15) is 0 Å². The number of anilines is 3. The number of methoxy groups -OCH3 is 2. The summed E-state index contributed by atoms with van der Waals surface area (Å²) in [6.45, 7) is 3.64. The second-order valence-corrected chi connectivity index (χ2v) is 6.87. The van der Waals surface area contributed by atoms with E-state index in [1.165, 1.54) is 14.2 Å². The van der Waals surface area contributed by atoms with Crippen LogP contribution in [-0.2, 0) is 11.3 Å². The fourth-order valence-electron chi connectivity index (χ4n) is 2.89. The van der Waals surface area contributed by atoms with Gasteiger partial charge in [0.25, 0.3) is 5.91 Å². The molecule has 0 aliphatic carbocycles. The van der Waals surface area contributed by atoms with Crippen molar-refractivity contribution >= 4 is 29.0 Å². The lowest BCUT2D eigenvalue weighted by atomic mass is 10.1. The molecular weight excluding hydrogens is 400 g/mol. The minimum Gasteiger partial charge on any atom is -0.497 e. The van der Waals surface area contributed by atoms with E-state index in [9.17, 15) is 9.59 Å². The first-order chi connectivity index (χ1) is 14.8. The van der Waals surface area contributed by atoms with E-state index in [0.29, 0.717) is 22.9 Å². The van der Waals surface area contributed by atoms with Crippen LogP contribution in [0.1, 0.15) is 21.6 Å². The van der Waals surface area contributed by atoms with Crippen LogP contribution in [0.4, 0.5) is 17.2 Å². The van der Waals surface area contributed by atoms with Crippen molar-refractivity contribution in [2.24, 2.45) is 0 Å². The number of nitrogen functional groups attached to an aromatic ring is 1. The molecule has 0 aliphatic heterocycles. The molecule has 0 spiro atoms. The Balaban J connectivity index is 1.73. The van der Waals surface area contributed by atoms with Gasteiger partial charge in [0, 0.05) is 11.8 Å². The summed E-state index contributed by atoms with van der Waals surface area (Å²) in [5.41, 5.74) is 8.95. The molecule has 0 fully saturated rings. The van der Waals surface area contributed by atoms with Gasteiger partial charge in [-0.3, -0.25) is 9.59 Å². The summed E-state index contributed by atoms with van der Waals surface area (Å²) in [7, 11) is 3.00. The van der Waals surface area contributed by atoms with Crippen molar-refractivity contribution in [3.05, 3.63) is 53.2 Å². The highest BCUT2D eigenvalue weighted by Crippen LogP contribution is 2.29. The molecule has 2 amide bonds. The standard InChI is InChI=1S/C21H24N6O4/c1-12-5-6-13(2)15(9-12)23-18(28)11-27-20(22)19(25-26-27)21(29)24-16-10-14(30-3)7-8-17(16)31-4/h5-10H,11,22H2,1-4H3,(H,23,28)(H,24,29). The van der Waals surface area contributed by atoms with Gasteiger partial charge < -0.3 is 25.8 Å². The smallest absolute Gasteiger partial charge is 0.280 e. The van der Waals surface area contributed by atoms with Gasteiger partial charge in [0.05, 0.1) is 19.9 Å². The van der Waals surface area contributed by atoms with Crippen LogP contribution in [0.25, 0.3) is 0 Å². The van der Waals surface area contributed by atoms with Crippen molar-refractivity contribution in [1.29, 1.82) is 0 Å². The zero-order chi connectivity index (χ0) is 22.5. The van der Waals surface area contributed by atoms with E-state index in [2.05, 4.69) is 20.9 Å². The van der Waals surface area contributed by atoms with E-state index in [4.69, 9.17) is 15.2 Å². The lowest BCUT2D eigenvalue weighted by Gasteiger charge is -2.11. The number of nitrogens with zero attached hydrogens (tertiary/aromatic N) is 3. The number of amides is 2. The van der Waals surface area contributed by atoms with Crippen LogP contribution in [0.15, 0.2) is 36.4 Å². The maximum absolute atomic E-state index is 12.7. The number of hydrogen-bond donors (Lipinski definition) is 3. The minimum atomic E-state index is -0.592. The van der Waals surface area contributed by atoms with Crippen molar-refractivity contribution in [1.82, 2.24) is 15.0 Å². The van der Waals surface area contributed by atoms with Crippen LogP contribution in [0, 0.1) is 13.8 Å². The molecule has 0 saturated heterocycles. The maximum Gasteiger partial charge on any atom is 0.280 e. The van der Waals surface area contributed by atoms with E-state index in [0.717, 1.165) is 15.8 Å². The van der Waals surface area contributed by atoms with Gasteiger partial charge in [-0.05, 0) is 43.2 Å². The zero-order valence-corrected chi connectivity index (χ0v) is 17.7. The number of carbonyl (C=O) groups is 2. The van der Waals surface area contributed by atoms with Crippen molar-refractivity contribution in [3.8, 4) is 11.5 Å². The zero-order valence-electron chi connectivity index (χ0n) is 17.7. The number of carbonyl (C=O) groups excluding carboxylic acids is 2. The first-order valence-electron chi connectivity index (χ1n) is 9.41. The highest BCUT2D eigenvalue weighted by atomic mass is 16.5. The number of nitrogens with two attached hydrogens (primary N) is 1. The molecule has 0 radical (unpaired) electrons. The second-order valence-electron chi connectivity index (χ2n) is 6.87. The van der Waals surface area contributed by atoms with E-state index < -0.39 is 5.91 Å². The molecule has 0 saturated carbocycles. The predicted molar refractivity (Wildman–Crippen MR) is 116 cm³/mol. The van der Waals surface area contributed by atoms with Crippen molar-refractivity contribution < 1.29 is 19.1 Å². The quantitative estimate of drug-likeness (QED) is 0.530. The van der Waals surface area contributed by atoms with Crippen LogP contribution >= 0.6 is 0 Å². The number of rotatable bonds is 7. The summed E-state index contributed by atoms with van der Waals surface area (Å²) < 4.78 is 11.6. The normalized spacial score (nSPS) is 10.5. The fraction of sp³-hybridized carbons (Fsp3) is 0.238. The Morgan fingerprint density at radius 3 is 2.52 bits per heavy atom. The molecule has 4 N–H and O–H groups in total. The number of benzene rings is 2. The summed E-state index contributed by atoms with van der Waals surface area (Å²) in [6, 6.07) is 10.7. The van der Waals surface area contributed by atoms with Crippen molar-refractivity contribution in [2.45, 2.75) is 20.4 Å². The molecule has 0 atom stereocenters. The Morgan fingerprint density at radius 1 is 1.03 bits per heavy atom. The third-order valence-electron chi connectivity index (χ3n) is 4.60. The average Bonchev–Trinajstić information content (AvgIpc) is 3.10. The highest BCUT2D eigenvalue weighted by molar-refractivity contribution is 6.06. The molecule has 31 heavy (non-hydrogen) atoms. The summed E-state index contributed by atoms with van der Waals surface area (Å²) in [5, 5.41) is 13.2. The second kappa shape index (κ2) is 9.16. The summed E-state index contributed by atoms with van der Waals surface area (Å²) in [6.07, 6.45) is 0. The van der Waals surface area contributed by atoms with Gasteiger partial charge in [-0.1, -0.05) is 17.3 Å². The number of ether oxygens (including phenoxy) is 2. The van der Waals surface area contributed by atoms with Crippen molar-refractivity contribution in [2.75, 3.05) is 30.6 Å². The first-order valence-corrected chi connectivity index (χ1v) is 9.41. The Hall–Kier alpha value is -4.08. The van der Waals surface area contributed by atoms with Gasteiger partial charge in [0.1, 0.15) is 18.0 Å². The van der Waals surface area contributed by atoms with E-state index in [-0.39, 0.29) is 24.0 Å². The monoisotopic (exact) mass is 424 g/mol. The number of aromatic nitrogens is 3. The van der Waals surface area contributed by atoms with Gasteiger partial charge in [-0.25, -0.2) is 4.68 Å². The summed E-state index contributed by atoms with van der Waals surface area (Å²) in [5.74, 6) is 0.0105. The Labute approximate surface area is 179 Å². The van der Waals surface area contributed by atoms with Gasteiger partial charge in [0.15, 0.2) is 11.5 Å². The molecule has 10 heteroatoms. The highest BCUT2D eigenvalue weighted by Gasteiger charge is 2.20. The lowest BCUT2D eigenvalue weighted by molar-refractivity contribution is -0.116. The largest absolute Gasteiger partial charge is 0.497 e. The number of aryl methyl sites for hydroxylation is 2. The van der Waals surface area contributed by atoms with E-state index >= 15 is 0 Å². The molecule has 10 nitrogen and oxygen atoms in total. The van der Waals surface area contributed by atoms with Gasteiger partial charge >= 0.3 is 0 Å². The third kappa shape index (κ3) is 4.92. The molecule has 1 aromatic heterocycles. The molecular formula is C21H24N6O4. The van der Waals surface area contributed by atoms with Gasteiger partial charge in [0.2, 0.25) is 5.91 Å². The first kappa shape index (κ1) is 21.6. The number of hydrogen-bond acceptors (Lipinski definition) is 7. The predicted octanol–water partition coefficient (Wildman–Crippen LogP) is 2.39. The molecule has 0 bridgehead atoms. The molecule has 3 rings (SSSR count). The SMILES string of the molecule is COc1ccc(OC)c(NC(=O)c2nnn(CC(=O)Nc3cc(C)ccc3C)c2N)c1. The lowest BCUT2D eigenvalue weighted by Crippen LogP contribution is -2.22. The van der Waals surface area contributed by atoms with Crippen LogP contribution in [0.2, 0.25) is 0 Å². The number of nitrogens with one attached hydrogen (secondary N) is 2. The van der Waals surface area contributed by atoms with Crippen LogP contribution in [-0.4, -0.2) is 41.0 Å². The Bertz CT molecular complexity index is 1130. The minimum absolute atomic E-state index is 0.0320. The van der Waals surface area contributed by atoms with Crippen molar-refractivity contribution in [3.63, 3.8) is 0 Å². The van der Waals surface area contributed by atoms with E-state index in [1.54, 1.807) is 18.2 Å². The Kier molecular flexibility index (Phi) is 6.39. The topological polar surface area (TPSA) is 133 Å².